The molecule has 1 heterocycles. The van der Waals surface area contributed by atoms with Gasteiger partial charge in [0.05, 0.1) is 6.61 Å². The number of carbonyl (C=O) groups excluding carboxylic acids is 1. The van der Waals surface area contributed by atoms with E-state index in [1.807, 2.05) is 14.1 Å². The number of primary amides is 1. The van der Waals surface area contributed by atoms with Crippen LogP contribution in [0, 0.1) is 0 Å². The lowest BCUT2D eigenvalue weighted by molar-refractivity contribution is 0.0995. The van der Waals surface area contributed by atoms with Crippen molar-refractivity contribution in [2.75, 3.05) is 27.2 Å². The van der Waals surface area contributed by atoms with Crippen molar-refractivity contribution in [3.8, 4) is 5.88 Å². The Hall–Kier alpha value is -1.14. The van der Waals surface area contributed by atoms with Crippen LogP contribution < -0.4 is 10.5 Å². The third kappa shape index (κ3) is 4.70. The zero-order valence-corrected chi connectivity index (χ0v) is 11.5. The molecular formula is C11H16BrN3O2. The molecule has 0 bridgehead atoms. The average Bonchev–Trinajstić information content (AvgIpc) is 2.25. The molecule has 0 saturated carbocycles. The van der Waals surface area contributed by atoms with Gasteiger partial charge in [0.1, 0.15) is 5.56 Å². The minimum Gasteiger partial charge on any atom is -0.477 e. The van der Waals surface area contributed by atoms with Crippen LogP contribution in [-0.4, -0.2) is 43.0 Å². The van der Waals surface area contributed by atoms with Crippen molar-refractivity contribution in [1.29, 1.82) is 0 Å². The van der Waals surface area contributed by atoms with Gasteiger partial charge in [0.15, 0.2) is 0 Å². The molecule has 0 saturated heterocycles. The first-order chi connectivity index (χ1) is 8.00. The standard InChI is InChI=1S/C11H16BrN3O2/c1-15(2)4-3-5-17-11-9(10(13)16)6-8(12)7-14-11/h6-7H,3-5H2,1-2H3,(H2,13,16). The highest BCUT2D eigenvalue weighted by Crippen LogP contribution is 2.19. The molecule has 0 spiro atoms. The van der Waals surface area contributed by atoms with Crippen LogP contribution in [0.15, 0.2) is 16.7 Å². The molecule has 1 aromatic heterocycles. The van der Waals surface area contributed by atoms with Gasteiger partial charge in [0.2, 0.25) is 5.88 Å². The van der Waals surface area contributed by atoms with Crippen molar-refractivity contribution in [3.05, 3.63) is 22.3 Å². The molecule has 0 radical (unpaired) electrons. The van der Waals surface area contributed by atoms with Crippen LogP contribution in [0.3, 0.4) is 0 Å². The summed E-state index contributed by atoms with van der Waals surface area (Å²) in [7, 11) is 3.99. The molecule has 1 rings (SSSR count). The number of ether oxygens (including phenoxy) is 1. The number of aromatic nitrogens is 1. The number of rotatable bonds is 6. The van der Waals surface area contributed by atoms with Crippen LogP contribution in [0.25, 0.3) is 0 Å². The second-order valence-electron chi connectivity index (χ2n) is 3.88. The lowest BCUT2D eigenvalue weighted by Crippen LogP contribution is -2.17. The van der Waals surface area contributed by atoms with E-state index in [-0.39, 0.29) is 0 Å². The van der Waals surface area contributed by atoms with Gasteiger partial charge in [0, 0.05) is 17.2 Å². The number of pyridine rings is 1. The zero-order valence-electron chi connectivity index (χ0n) is 9.94. The summed E-state index contributed by atoms with van der Waals surface area (Å²) in [6, 6.07) is 1.61. The van der Waals surface area contributed by atoms with E-state index in [9.17, 15) is 4.79 Å². The molecule has 0 aliphatic heterocycles. The number of hydrogen-bond acceptors (Lipinski definition) is 4. The molecule has 0 aromatic carbocycles. The number of nitrogens with two attached hydrogens (primary N) is 1. The van der Waals surface area contributed by atoms with E-state index in [4.69, 9.17) is 10.5 Å². The SMILES string of the molecule is CN(C)CCCOc1ncc(Br)cc1C(N)=O. The third-order valence-electron chi connectivity index (χ3n) is 2.07. The predicted molar refractivity (Wildman–Crippen MR) is 69.1 cm³/mol. The maximum Gasteiger partial charge on any atom is 0.254 e. The van der Waals surface area contributed by atoms with Crippen LogP contribution in [0.1, 0.15) is 16.8 Å². The number of halogens is 1. The molecular weight excluding hydrogens is 286 g/mol. The molecule has 0 aliphatic rings. The molecule has 2 N–H and O–H groups in total. The summed E-state index contributed by atoms with van der Waals surface area (Å²) >= 11 is 3.23. The summed E-state index contributed by atoms with van der Waals surface area (Å²) in [5.74, 6) is -0.249. The van der Waals surface area contributed by atoms with Crippen molar-refractivity contribution in [2.45, 2.75) is 6.42 Å². The van der Waals surface area contributed by atoms with E-state index in [0.29, 0.717) is 22.5 Å². The van der Waals surface area contributed by atoms with Gasteiger partial charge in [-0.3, -0.25) is 4.79 Å². The summed E-state index contributed by atoms with van der Waals surface area (Å²) in [6.45, 7) is 1.43. The van der Waals surface area contributed by atoms with E-state index in [2.05, 4.69) is 25.8 Å². The quantitative estimate of drug-likeness (QED) is 0.804. The Morgan fingerprint density at radius 1 is 1.59 bits per heavy atom. The van der Waals surface area contributed by atoms with Crippen molar-refractivity contribution >= 4 is 21.8 Å². The smallest absolute Gasteiger partial charge is 0.254 e. The van der Waals surface area contributed by atoms with Crippen molar-refractivity contribution < 1.29 is 9.53 Å². The molecule has 1 aromatic rings. The first-order valence-corrected chi connectivity index (χ1v) is 6.03. The summed E-state index contributed by atoms with van der Waals surface area (Å²) in [6.07, 6.45) is 2.44. The highest BCUT2D eigenvalue weighted by Gasteiger charge is 2.11. The largest absolute Gasteiger partial charge is 0.477 e. The van der Waals surface area contributed by atoms with E-state index >= 15 is 0 Å². The Morgan fingerprint density at radius 2 is 2.29 bits per heavy atom. The Kier molecular flexibility index (Phi) is 5.37. The van der Waals surface area contributed by atoms with Crippen molar-refractivity contribution in [2.24, 2.45) is 5.73 Å². The molecule has 0 aliphatic carbocycles. The monoisotopic (exact) mass is 301 g/mol. The van der Waals surface area contributed by atoms with Crippen LogP contribution in [0.2, 0.25) is 0 Å². The van der Waals surface area contributed by atoms with Crippen LogP contribution in [0.4, 0.5) is 0 Å². The number of amides is 1. The van der Waals surface area contributed by atoms with Gasteiger partial charge in [-0.1, -0.05) is 0 Å². The topological polar surface area (TPSA) is 68.4 Å². The summed E-state index contributed by atoms with van der Waals surface area (Å²) < 4.78 is 6.15. The maximum absolute atomic E-state index is 11.2. The maximum atomic E-state index is 11.2. The normalized spacial score (nSPS) is 10.6. The summed E-state index contributed by atoms with van der Waals surface area (Å²) in [4.78, 5) is 17.3. The Bertz CT molecular complexity index is 396. The van der Waals surface area contributed by atoms with Crippen LogP contribution in [0.5, 0.6) is 5.88 Å². The van der Waals surface area contributed by atoms with Gasteiger partial charge < -0.3 is 15.4 Å². The number of hydrogen-bond donors (Lipinski definition) is 1. The first-order valence-electron chi connectivity index (χ1n) is 5.23. The second kappa shape index (κ2) is 6.56. The lowest BCUT2D eigenvalue weighted by atomic mass is 10.2. The highest BCUT2D eigenvalue weighted by atomic mass is 79.9. The highest BCUT2D eigenvalue weighted by molar-refractivity contribution is 9.10. The van der Waals surface area contributed by atoms with E-state index in [0.717, 1.165) is 13.0 Å². The minimum absolute atomic E-state index is 0.291. The van der Waals surface area contributed by atoms with E-state index in [1.165, 1.54) is 0 Å². The van der Waals surface area contributed by atoms with Crippen molar-refractivity contribution in [1.82, 2.24) is 9.88 Å². The molecule has 94 valence electrons. The van der Waals surface area contributed by atoms with Gasteiger partial charge in [-0.15, -0.1) is 0 Å². The summed E-state index contributed by atoms with van der Waals surface area (Å²) in [5.41, 5.74) is 5.54. The van der Waals surface area contributed by atoms with Gasteiger partial charge >= 0.3 is 0 Å². The van der Waals surface area contributed by atoms with Gasteiger partial charge in [-0.05, 0) is 42.5 Å². The second-order valence-corrected chi connectivity index (χ2v) is 4.79. The van der Waals surface area contributed by atoms with Gasteiger partial charge in [-0.2, -0.15) is 0 Å². The molecule has 5 nitrogen and oxygen atoms in total. The molecule has 6 heteroatoms. The lowest BCUT2D eigenvalue weighted by Gasteiger charge is -2.11. The minimum atomic E-state index is -0.540. The fourth-order valence-corrected chi connectivity index (χ4v) is 1.60. The Labute approximate surface area is 109 Å². The fourth-order valence-electron chi connectivity index (χ4n) is 1.27. The molecule has 1 amide bonds. The zero-order chi connectivity index (χ0) is 12.8. The number of carbonyl (C=O) groups is 1. The average molecular weight is 302 g/mol. The van der Waals surface area contributed by atoms with E-state index < -0.39 is 5.91 Å². The summed E-state index contributed by atoms with van der Waals surface area (Å²) in [5, 5.41) is 0. The van der Waals surface area contributed by atoms with Crippen molar-refractivity contribution in [3.63, 3.8) is 0 Å². The molecule has 17 heavy (non-hydrogen) atoms. The first kappa shape index (κ1) is 13.9. The molecule has 0 fully saturated rings. The fraction of sp³-hybridized carbons (Fsp3) is 0.455. The van der Waals surface area contributed by atoms with Gasteiger partial charge in [0.25, 0.3) is 5.91 Å². The predicted octanol–water partition coefficient (Wildman–Crippen LogP) is 1.27. The molecule has 0 atom stereocenters. The third-order valence-corrected chi connectivity index (χ3v) is 2.51. The van der Waals surface area contributed by atoms with Gasteiger partial charge in [-0.25, -0.2) is 4.98 Å². The Balaban J connectivity index is 2.61. The molecule has 0 unspecified atom stereocenters. The van der Waals surface area contributed by atoms with Crippen LogP contribution >= 0.6 is 15.9 Å². The van der Waals surface area contributed by atoms with E-state index in [1.54, 1.807) is 12.3 Å². The number of nitrogens with zero attached hydrogens (tertiary/aromatic N) is 2. The Morgan fingerprint density at radius 3 is 2.88 bits per heavy atom. The van der Waals surface area contributed by atoms with Crippen LogP contribution in [-0.2, 0) is 0 Å².